The van der Waals surface area contributed by atoms with Crippen molar-refractivity contribution in [1.82, 2.24) is 4.90 Å². The van der Waals surface area contributed by atoms with Crippen molar-refractivity contribution in [1.29, 1.82) is 5.26 Å². The van der Waals surface area contributed by atoms with E-state index in [1.54, 1.807) is 12.1 Å². The zero-order chi connectivity index (χ0) is 11.5. The van der Waals surface area contributed by atoms with E-state index < -0.39 is 6.09 Å². The zero-order valence-electron chi connectivity index (χ0n) is 8.64. The second-order valence-electron chi connectivity index (χ2n) is 3.53. The van der Waals surface area contributed by atoms with Crippen molar-refractivity contribution < 1.29 is 9.53 Å². The Bertz CT molecular complexity index is 488. The van der Waals surface area contributed by atoms with Crippen LogP contribution in [0.2, 0.25) is 0 Å². The highest BCUT2D eigenvalue weighted by Crippen LogP contribution is 2.17. The quantitative estimate of drug-likeness (QED) is 0.756. The van der Waals surface area contributed by atoms with Gasteiger partial charge < -0.3 is 4.74 Å². The number of nitriles is 1. The van der Waals surface area contributed by atoms with Crippen LogP contribution in [-0.2, 0) is 11.3 Å². The highest BCUT2D eigenvalue weighted by Gasteiger charge is 2.25. The smallest absolute Gasteiger partial charge is 0.413 e. The van der Waals surface area contributed by atoms with Gasteiger partial charge in [-0.25, -0.2) is 4.79 Å². The molecule has 1 aromatic carbocycles. The summed E-state index contributed by atoms with van der Waals surface area (Å²) in [5, 5.41) is 8.91. The van der Waals surface area contributed by atoms with E-state index in [0.717, 1.165) is 5.56 Å². The van der Waals surface area contributed by atoms with Gasteiger partial charge in [0.2, 0.25) is 0 Å². The minimum absolute atomic E-state index is 0.377. The Morgan fingerprint density at radius 3 is 2.88 bits per heavy atom. The van der Waals surface area contributed by atoms with Crippen LogP contribution in [0.3, 0.4) is 0 Å². The lowest BCUT2D eigenvalue weighted by Crippen LogP contribution is -2.23. The summed E-state index contributed by atoms with van der Waals surface area (Å²) < 4.78 is 4.83. The fourth-order valence-electron chi connectivity index (χ4n) is 1.59. The second kappa shape index (κ2) is 4.07. The highest BCUT2D eigenvalue weighted by atomic mass is 16.6. The van der Waals surface area contributed by atoms with Gasteiger partial charge in [-0.1, -0.05) is 24.8 Å². The minimum Gasteiger partial charge on any atom is -0.413 e. The summed E-state index contributed by atoms with van der Waals surface area (Å²) in [7, 11) is 0. The van der Waals surface area contributed by atoms with E-state index in [-0.39, 0.29) is 0 Å². The molecule has 0 saturated carbocycles. The van der Waals surface area contributed by atoms with Crippen LogP contribution in [0.15, 0.2) is 36.6 Å². The number of carbonyl (C=O) groups is 1. The van der Waals surface area contributed by atoms with Crippen LogP contribution in [0.25, 0.3) is 0 Å². The molecule has 1 fully saturated rings. The standard InChI is InChI=1S/C12H10N2O2/c1-9-7-14(12(15)16-9)8-11-5-3-2-4-10(11)6-13/h2-5H,1,7-8H2. The third kappa shape index (κ3) is 1.89. The Labute approximate surface area is 93.4 Å². The number of carbonyl (C=O) groups excluding carboxylic acids is 1. The van der Waals surface area contributed by atoms with E-state index in [1.165, 1.54) is 4.90 Å². The first-order valence-corrected chi connectivity index (χ1v) is 4.83. The maximum Gasteiger partial charge on any atom is 0.415 e. The first-order chi connectivity index (χ1) is 7.70. The molecule has 0 unspecified atom stereocenters. The zero-order valence-corrected chi connectivity index (χ0v) is 8.64. The molecule has 2 rings (SSSR count). The molecule has 16 heavy (non-hydrogen) atoms. The Kier molecular flexibility index (Phi) is 2.61. The molecule has 1 aromatic rings. The topological polar surface area (TPSA) is 53.3 Å². The Morgan fingerprint density at radius 1 is 1.50 bits per heavy atom. The third-order valence-corrected chi connectivity index (χ3v) is 2.36. The van der Waals surface area contributed by atoms with Gasteiger partial charge in [0, 0.05) is 0 Å². The molecule has 1 aliphatic heterocycles. The van der Waals surface area contributed by atoms with Crippen LogP contribution in [0.4, 0.5) is 4.79 Å². The molecule has 0 radical (unpaired) electrons. The number of hydrogen-bond donors (Lipinski definition) is 0. The van der Waals surface area contributed by atoms with Crippen LogP contribution >= 0.6 is 0 Å². The van der Waals surface area contributed by atoms with E-state index in [1.807, 2.05) is 12.1 Å². The van der Waals surface area contributed by atoms with Crippen molar-refractivity contribution in [3.8, 4) is 6.07 Å². The van der Waals surface area contributed by atoms with Gasteiger partial charge in [-0.2, -0.15) is 5.26 Å². The van der Waals surface area contributed by atoms with Gasteiger partial charge >= 0.3 is 6.09 Å². The number of hydrogen-bond acceptors (Lipinski definition) is 3. The summed E-state index contributed by atoms with van der Waals surface area (Å²) in [4.78, 5) is 12.9. The van der Waals surface area contributed by atoms with Crippen molar-refractivity contribution >= 4 is 6.09 Å². The maximum atomic E-state index is 11.3. The van der Waals surface area contributed by atoms with Gasteiger partial charge in [0.1, 0.15) is 5.76 Å². The molecule has 0 spiro atoms. The summed E-state index contributed by atoms with van der Waals surface area (Å²) >= 11 is 0. The normalized spacial score (nSPS) is 14.8. The van der Waals surface area contributed by atoms with Crippen LogP contribution in [0, 0.1) is 11.3 Å². The van der Waals surface area contributed by atoms with Crippen LogP contribution in [0.1, 0.15) is 11.1 Å². The molecular formula is C12H10N2O2. The van der Waals surface area contributed by atoms with Gasteiger partial charge in [0.05, 0.1) is 24.7 Å². The Morgan fingerprint density at radius 2 is 2.25 bits per heavy atom. The molecule has 0 aromatic heterocycles. The largest absolute Gasteiger partial charge is 0.415 e. The summed E-state index contributed by atoms with van der Waals surface area (Å²) in [5.74, 6) is 0.444. The summed E-state index contributed by atoms with van der Waals surface area (Å²) in [6.45, 7) is 4.35. The Balaban J connectivity index is 2.19. The number of rotatable bonds is 2. The SMILES string of the molecule is C=C1CN(Cc2ccccc2C#N)C(=O)O1. The molecule has 80 valence electrons. The van der Waals surface area contributed by atoms with Crippen molar-refractivity contribution in [2.24, 2.45) is 0 Å². The second-order valence-corrected chi connectivity index (χ2v) is 3.53. The lowest BCUT2D eigenvalue weighted by Gasteiger charge is -2.12. The first kappa shape index (κ1) is 10.2. The van der Waals surface area contributed by atoms with E-state index in [2.05, 4.69) is 12.6 Å². The number of amides is 1. The lowest BCUT2D eigenvalue weighted by molar-refractivity contribution is 0.167. The third-order valence-electron chi connectivity index (χ3n) is 2.36. The van der Waals surface area contributed by atoms with Gasteiger partial charge in [0.25, 0.3) is 0 Å². The van der Waals surface area contributed by atoms with E-state index in [4.69, 9.17) is 10.00 Å². The number of cyclic esters (lactones) is 1. The van der Waals surface area contributed by atoms with E-state index in [9.17, 15) is 4.79 Å². The minimum atomic E-state index is -0.405. The molecule has 0 atom stereocenters. The van der Waals surface area contributed by atoms with E-state index in [0.29, 0.717) is 24.4 Å². The van der Waals surface area contributed by atoms with Gasteiger partial charge in [-0.3, -0.25) is 4.90 Å². The number of nitrogens with zero attached hydrogens (tertiary/aromatic N) is 2. The maximum absolute atomic E-state index is 11.3. The molecule has 4 nitrogen and oxygen atoms in total. The van der Waals surface area contributed by atoms with Crippen LogP contribution in [-0.4, -0.2) is 17.5 Å². The number of benzene rings is 1. The van der Waals surface area contributed by atoms with Gasteiger partial charge in [-0.05, 0) is 11.6 Å². The highest BCUT2D eigenvalue weighted by molar-refractivity contribution is 5.72. The van der Waals surface area contributed by atoms with Crippen molar-refractivity contribution in [2.45, 2.75) is 6.54 Å². The average Bonchev–Trinajstić information content (AvgIpc) is 2.58. The average molecular weight is 214 g/mol. The molecule has 1 aliphatic rings. The molecular weight excluding hydrogens is 204 g/mol. The molecule has 4 heteroatoms. The summed E-state index contributed by atoms with van der Waals surface area (Å²) in [6.07, 6.45) is -0.405. The Hall–Kier alpha value is -2.28. The fourth-order valence-corrected chi connectivity index (χ4v) is 1.59. The summed E-state index contributed by atoms with van der Waals surface area (Å²) in [6, 6.07) is 9.28. The van der Waals surface area contributed by atoms with Gasteiger partial charge in [0.15, 0.2) is 0 Å². The molecule has 0 aliphatic carbocycles. The van der Waals surface area contributed by atoms with E-state index >= 15 is 0 Å². The molecule has 0 N–H and O–H groups in total. The lowest BCUT2D eigenvalue weighted by atomic mass is 10.1. The predicted molar refractivity (Wildman–Crippen MR) is 57.2 cm³/mol. The van der Waals surface area contributed by atoms with Crippen molar-refractivity contribution in [3.05, 3.63) is 47.7 Å². The summed E-state index contributed by atoms with van der Waals surface area (Å²) in [5.41, 5.74) is 1.39. The molecule has 1 saturated heterocycles. The predicted octanol–water partition coefficient (Wildman–Crippen LogP) is 2.02. The molecule has 1 heterocycles. The van der Waals surface area contributed by atoms with Crippen molar-refractivity contribution in [3.63, 3.8) is 0 Å². The first-order valence-electron chi connectivity index (χ1n) is 4.83. The molecule has 1 amide bonds. The molecule has 0 bridgehead atoms. The van der Waals surface area contributed by atoms with Crippen molar-refractivity contribution in [2.75, 3.05) is 6.54 Å². The van der Waals surface area contributed by atoms with Crippen LogP contribution < -0.4 is 0 Å². The van der Waals surface area contributed by atoms with Crippen LogP contribution in [0.5, 0.6) is 0 Å². The monoisotopic (exact) mass is 214 g/mol. The van der Waals surface area contributed by atoms with Gasteiger partial charge in [-0.15, -0.1) is 0 Å². The fraction of sp³-hybridized carbons (Fsp3) is 0.167. The number of ether oxygens (including phenoxy) is 1.